The summed E-state index contributed by atoms with van der Waals surface area (Å²) < 4.78 is 10.4. The molecule has 0 aliphatic rings. The third kappa shape index (κ3) is 3.23. The lowest BCUT2D eigenvalue weighted by molar-refractivity contribution is 0.414. The summed E-state index contributed by atoms with van der Waals surface area (Å²) in [7, 11) is 3.28. The Labute approximate surface area is 126 Å². The van der Waals surface area contributed by atoms with Gasteiger partial charge in [-0.15, -0.1) is 0 Å². The monoisotopic (exact) mass is 340 g/mol. The Morgan fingerprint density at radius 3 is 2.32 bits per heavy atom. The second kappa shape index (κ2) is 6.31. The fourth-order valence-electron chi connectivity index (χ4n) is 1.82. The van der Waals surface area contributed by atoms with Crippen LogP contribution in [-0.2, 0) is 0 Å². The highest BCUT2D eigenvalue weighted by Crippen LogP contribution is 2.37. The third-order valence-electron chi connectivity index (χ3n) is 2.87. The third-order valence-corrected chi connectivity index (χ3v) is 4.22. The molecule has 4 heteroatoms. The largest absolute Gasteiger partial charge is 0.497 e. The van der Waals surface area contributed by atoms with Gasteiger partial charge in [-0.2, -0.15) is 0 Å². The van der Waals surface area contributed by atoms with Gasteiger partial charge in [0.2, 0.25) is 0 Å². The average molecular weight is 342 g/mol. The molecule has 2 nitrogen and oxygen atoms in total. The van der Waals surface area contributed by atoms with Crippen molar-refractivity contribution in [3.8, 4) is 11.5 Å². The van der Waals surface area contributed by atoms with Crippen LogP contribution in [0.3, 0.4) is 0 Å². The van der Waals surface area contributed by atoms with Gasteiger partial charge in [-0.3, -0.25) is 0 Å². The topological polar surface area (TPSA) is 18.5 Å². The zero-order chi connectivity index (χ0) is 13.8. The van der Waals surface area contributed by atoms with E-state index in [0.29, 0.717) is 5.02 Å². The van der Waals surface area contributed by atoms with Gasteiger partial charge >= 0.3 is 0 Å². The molecule has 0 aliphatic heterocycles. The quantitative estimate of drug-likeness (QED) is 0.741. The van der Waals surface area contributed by atoms with E-state index in [1.54, 1.807) is 14.2 Å². The van der Waals surface area contributed by atoms with E-state index in [1.807, 2.05) is 42.5 Å². The zero-order valence-electron chi connectivity index (χ0n) is 10.7. The Hall–Kier alpha value is -1.19. The van der Waals surface area contributed by atoms with Gasteiger partial charge in [0.25, 0.3) is 0 Å². The minimum Gasteiger partial charge on any atom is -0.497 e. The van der Waals surface area contributed by atoms with Gasteiger partial charge in [0.1, 0.15) is 11.5 Å². The van der Waals surface area contributed by atoms with Gasteiger partial charge in [-0.1, -0.05) is 45.7 Å². The predicted molar refractivity (Wildman–Crippen MR) is 81.8 cm³/mol. The van der Waals surface area contributed by atoms with E-state index < -0.39 is 0 Å². The van der Waals surface area contributed by atoms with E-state index in [0.717, 1.165) is 22.6 Å². The summed E-state index contributed by atoms with van der Waals surface area (Å²) in [6.07, 6.45) is 0. The lowest BCUT2D eigenvalue weighted by Crippen LogP contribution is -1.95. The number of halogens is 2. The fourth-order valence-corrected chi connectivity index (χ4v) is 2.91. The number of hydrogen-bond donors (Lipinski definition) is 0. The Balaban J connectivity index is 2.35. The molecule has 0 bridgehead atoms. The minimum atomic E-state index is 0.0148. The van der Waals surface area contributed by atoms with Crippen molar-refractivity contribution < 1.29 is 9.47 Å². The SMILES string of the molecule is COc1cccc(C(Br)c2ccc(OC)cc2Cl)c1. The predicted octanol–water partition coefficient (Wildman–Crippen LogP) is 4.84. The first-order valence-corrected chi connectivity index (χ1v) is 7.06. The first-order valence-electron chi connectivity index (χ1n) is 5.77. The molecule has 0 spiro atoms. The van der Waals surface area contributed by atoms with Crippen molar-refractivity contribution in [3.05, 3.63) is 58.6 Å². The summed E-state index contributed by atoms with van der Waals surface area (Å²) >= 11 is 9.96. The Kier molecular flexibility index (Phi) is 4.72. The molecule has 0 fully saturated rings. The van der Waals surface area contributed by atoms with Gasteiger partial charge in [0.05, 0.1) is 19.0 Å². The summed E-state index contributed by atoms with van der Waals surface area (Å²) in [5, 5.41) is 0.670. The number of rotatable bonds is 4. The maximum atomic E-state index is 6.29. The van der Waals surface area contributed by atoms with E-state index in [4.69, 9.17) is 21.1 Å². The van der Waals surface area contributed by atoms with Crippen LogP contribution in [-0.4, -0.2) is 14.2 Å². The van der Waals surface area contributed by atoms with Gasteiger partial charge < -0.3 is 9.47 Å². The molecule has 0 aromatic heterocycles. The molecule has 100 valence electrons. The smallest absolute Gasteiger partial charge is 0.120 e. The fraction of sp³-hybridized carbons (Fsp3) is 0.200. The molecule has 2 rings (SSSR count). The van der Waals surface area contributed by atoms with E-state index in [9.17, 15) is 0 Å². The number of alkyl halides is 1. The Bertz CT molecular complexity index is 572. The van der Waals surface area contributed by atoms with E-state index in [2.05, 4.69) is 15.9 Å². The highest BCUT2D eigenvalue weighted by Gasteiger charge is 2.15. The first kappa shape index (κ1) is 14.2. The minimum absolute atomic E-state index is 0.0148. The van der Waals surface area contributed by atoms with Crippen LogP contribution in [0.2, 0.25) is 5.02 Å². The van der Waals surface area contributed by atoms with Crippen LogP contribution in [0.25, 0.3) is 0 Å². The summed E-state index contributed by atoms with van der Waals surface area (Å²) in [5.74, 6) is 1.57. The second-order valence-electron chi connectivity index (χ2n) is 4.03. The van der Waals surface area contributed by atoms with Crippen LogP contribution >= 0.6 is 27.5 Å². The molecule has 0 N–H and O–H groups in total. The molecule has 2 aromatic carbocycles. The van der Waals surface area contributed by atoms with Crippen molar-refractivity contribution in [1.82, 2.24) is 0 Å². The molecule has 1 atom stereocenters. The number of hydrogen-bond acceptors (Lipinski definition) is 2. The average Bonchev–Trinajstić information content (AvgIpc) is 2.46. The van der Waals surface area contributed by atoms with Crippen LogP contribution in [0.1, 0.15) is 16.0 Å². The summed E-state index contributed by atoms with van der Waals surface area (Å²) in [6, 6.07) is 13.6. The van der Waals surface area contributed by atoms with Gasteiger partial charge in [-0.05, 0) is 35.4 Å². The van der Waals surface area contributed by atoms with Crippen LogP contribution in [0.15, 0.2) is 42.5 Å². The number of benzene rings is 2. The van der Waals surface area contributed by atoms with Crippen molar-refractivity contribution in [2.24, 2.45) is 0 Å². The maximum absolute atomic E-state index is 6.29. The second-order valence-corrected chi connectivity index (χ2v) is 5.35. The molecule has 0 heterocycles. The van der Waals surface area contributed by atoms with Crippen molar-refractivity contribution in [2.75, 3.05) is 14.2 Å². The van der Waals surface area contributed by atoms with E-state index in [1.165, 1.54) is 0 Å². The molecule has 0 amide bonds. The van der Waals surface area contributed by atoms with E-state index in [-0.39, 0.29) is 4.83 Å². The summed E-state index contributed by atoms with van der Waals surface area (Å²) in [6.45, 7) is 0. The summed E-state index contributed by atoms with van der Waals surface area (Å²) in [4.78, 5) is 0.0148. The van der Waals surface area contributed by atoms with Crippen LogP contribution < -0.4 is 9.47 Å². The maximum Gasteiger partial charge on any atom is 0.120 e. The molecular weight excluding hydrogens is 328 g/mol. The number of ether oxygens (including phenoxy) is 2. The highest BCUT2D eigenvalue weighted by molar-refractivity contribution is 9.09. The Morgan fingerprint density at radius 1 is 1.00 bits per heavy atom. The molecule has 0 saturated carbocycles. The summed E-state index contributed by atoms with van der Waals surface area (Å²) in [5.41, 5.74) is 2.09. The normalized spacial score (nSPS) is 12.0. The molecule has 1 unspecified atom stereocenters. The van der Waals surface area contributed by atoms with Crippen LogP contribution in [0, 0.1) is 0 Å². The van der Waals surface area contributed by atoms with E-state index >= 15 is 0 Å². The highest BCUT2D eigenvalue weighted by atomic mass is 79.9. The van der Waals surface area contributed by atoms with Gasteiger partial charge in [0.15, 0.2) is 0 Å². The molecule has 0 aliphatic carbocycles. The lowest BCUT2D eigenvalue weighted by atomic mass is 10.0. The van der Waals surface area contributed by atoms with Crippen LogP contribution in [0.5, 0.6) is 11.5 Å². The lowest BCUT2D eigenvalue weighted by Gasteiger charge is -2.14. The molecular formula is C15H14BrClO2. The van der Waals surface area contributed by atoms with Crippen molar-refractivity contribution in [3.63, 3.8) is 0 Å². The standard InChI is InChI=1S/C15H14BrClO2/c1-18-11-5-3-4-10(8-11)15(16)13-7-6-12(19-2)9-14(13)17/h3-9,15H,1-2H3. The van der Waals surface area contributed by atoms with Crippen molar-refractivity contribution in [2.45, 2.75) is 4.83 Å². The number of methoxy groups -OCH3 is 2. The first-order chi connectivity index (χ1) is 9.15. The molecule has 2 aromatic rings. The van der Waals surface area contributed by atoms with Crippen molar-refractivity contribution >= 4 is 27.5 Å². The molecule has 0 radical (unpaired) electrons. The molecule has 19 heavy (non-hydrogen) atoms. The van der Waals surface area contributed by atoms with Crippen LogP contribution in [0.4, 0.5) is 0 Å². The van der Waals surface area contributed by atoms with Crippen molar-refractivity contribution in [1.29, 1.82) is 0 Å². The molecule has 0 saturated heterocycles. The zero-order valence-corrected chi connectivity index (χ0v) is 13.0. The van der Waals surface area contributed by atoms with Gasteiger partial charge in [0, 0.05) is 5.02 Å². The Morgan fingerprint density at radius 2 is 1.68 bits per heavy atom. The van der Waals surface area contributed by atoms with Gasteiger partial charge in [-0.25, -0.2) is 0 Å².